The van der Waals surface area contributed by atoms with Gasteiger partial charge >= 0.3 is 0 Å². The third-order valence-electron chi connectivity index (χ3n) is 3.63. The van der Waals surface area contributed by atoms with Gasteiger partial charge in [0.25, 0.3) is 0 Å². The van der Waals surface area contributed by atoms with Crippen molar-refractivity contribution in [3.8, 4) is 0 Å². The summed E-state index contributed by atoms with van der Waals surface area (Å²) in [7, 11) is 0. The van der Waals surface area contributed by atoms with Crippen molar-refractivity contribution in [2.24, 2.45) is 0 Å². The highest BCUT2D eigenvalue weighted by atomic mass is 35.5. The average Bonchev–Trinajstić information content (AvgIpc) is 2.37. The van der Waals surface area contributed by atoms with E-state index in [0.717, 1.165) is 37.4 Å². The van der Waals surface area contributed by atoms with Crippen LogP contribution < -0.4 is 4.90 Å². The minimum Gasteiger partial charge on any atom is -0.369 e. The first-order valence-electron chi connectivity index (χ1n) is 6.48. The van der Waals surface area contributed by atoms with E-state index in [-0.39, 0.29) is 5.82 Å². The van der Waals surface area contributed by atoms with Gasteiger partial charge in [-0.3, -0.25) is 4.90 Å². The highest BCUT2D eigenvalue weighted by molar-refractivity contribution is 6.17. The molecule has 0 aliphatic carbocycles. The highest BCUT2D eigenvalue weighted by Crippen LogP contribution is 2.22. The van der Waals surface area contributed by atoms with Gasteiger partial charge in [-0.15, -0.1) is 11.6 Å². The largest absolute Gasteiger partial charge is 0.369 e. The number of nitrogens with zero attached hydrogens (tertiary/aromatic N) is 2. The molecular weight excluding hydrogens is 251 g/mol. The Morgan fingerprint density at radius 2 is 2.11 bits per heavy atom. The second-order valence-electron chi connectivity index (χ2n) is 4.87. The molecule has 0 amide bonds. The molecule has 0 aromatic heterocycles. The van der Waals surface area contributed by atoms with Crippen LogP contribution in [0.25, 0.3) is 0 Å². The van der Waals surface area contributed by atoms with Crippen molar-refractivity contribution in [2.75, 3.05) is 31.1 Å². The fourth-order valence-electron chi connectivity index (χ4n) is 2.59. The summed E-state index contributed by atoms with van der Waals surface area (Å²) in [5.41, 5.74) is 1.80. The van der Waals surface area contributed by atoms with Crippen LogP contribution in [-0.2, 0) is 5.88 Å². The topological polar surface area (TPSA) is 6.48 Å². The van der Waals surface area contributed by atoms with E-state index in [1.807, 2.05) is 6.07 Å². The smallest absolute Gasteiger partial charge is 0.125 e. The normalized spacial score (nSPS) is 21.3. The summed E-state index contributed by atoms with van der Waals surface area (Å²) in [6.45, 7) is 8.40. The van der Waals surface area contributed by atoms with Crippen molar-refractivity contribution in [1.82, 2.24) is 4.90 Å². The Hall–Kier alpha value is -0.800. The number of rotatable bonds is 3. The lowest BCUT2D eigenvalue weighted by atomic mass is 10.1. The van der Waals surface area contributed by atoms with Crippen molar-refractivity contribution in [3.05, 3.63) is 29.6 Å². The molecule has 1 aliphatic rings. The van der Waals surface area contributed by atoms with E-state index in [4.69, 9.17) is 11.6 Å². The zero-order valence-electron chi connectivity index (χ0n) is 11.0. The highest BCUT2D eigenvalue weighted by Gasteiger charge is 2.22. The Labute approximate surface area is 113 Å². The summed E-state index contributed by atoms with van der Waals surface area (Å²) in [4.78, 5) is 4.69. The maximum atomic E-state index is 13.5. The molecule has 100 valence electrons. The number of alkyl halides is 1. The fraction of sp³-hybridized carbons (Fsp3) is 0.571. The standard InChI is InChI=1S/C14H20ClFN2/c1-3-17-4-5-18(10-11(17)2)14-7-12(9-15)6-13(16)8-14/h6-8,11H,3-5,9-10H2,1-2H3. The van der Waals surface area contributed by atoms with Gasteiger partial charge in [0.15, 0.2) is 0 Å². The summed E-state index contributed by atoms with van der Waals surface area (Å²) >= 11 is 5.79. The van der Waals surface area contributed by atoms with E-state index in [0.29, 0.717) is 11.9 Å². The van der Waals surface area contributed by atoms with Crippen molar-refractivity contribution < 1.29 is 4.39 Å². The van der Waals surface area contributed by atoms with Gasteiger partial charge in [0, 0.05) is 37.2 Å². The number of piperazine rings is 1. The van der Waals surface area contributed by atoms with Crippen LogP contribution in [0.4, 0.5) is 10.1 Å². The fourth-order valence-corrected chi connectivity index (χ4v) is 2.75. The van der Waals surface area contributed by atoms with Crippen molar-refractivity contribution in [2.45, 2.75) is 25.8 Å². The van der Waals surface area contributed by atoms with Gasteiger partial charge < -0.3 is 4.90 Å². The van der Waals surface area contributed by atoms with Crippen LogP contribution in [0, 0.1) is 5.82 Å². The Kier molecular flexibility index (Phi) is 4.46. The van der Waals surface area contributed by atoms with Crippen LogP contribution in [-0.4, -0.2) is 37.1 Å². The summed E-state index contributed by atoms with van der Waals surface area (Å²) in [5.74, 6) is 0.156. The van der Waals surface area contributed by atoms with Gasteiger partial charge in [0.2, 0.25) is 0 Å². The van der Waals surface area contributed by atoms with E-state index in [2.05, 4.69) is 23.6 Å². The lowest BCUT2D eigenvalue weighted by Gasteiger charge is -2.40. The molecule has 1 saturated heterocycles. The Morgan fingerprint density at radius 1 is 1.33 bits per heavy atom. The third kappa shape index (κ3) is 2.96. The second kappa shape index (κ2) is 5.89. The van der Waals surface area contributed by atoms with Crippen LogP contribution in [0.1, 0.15) is 19.4 Å². The molecule has 1 aromatic carbocycles. The maximum absolute atomic E-state index is 13.5. The molecule has 2 nitrogen and oxygen atoms in total. The molecule has 1 aliphatic heterocycles. The monoisotopic (exact) mass is 270 g/mol. The van der Waals surface area contributed by atoms with Crippen molar-refractivity contribution in [1.29, 1.82) is 0 Å². The SMILES string of the molecule is CCN1CCN(c2cc(F)cc(CCl)c2)CC1C. The van der Waals surface area contributed by atoms with Crippen molar-refractivity contribution >= 4 is 17.3 Å². The van der Waals surface area contributed by atoms with Gasteiger partial charge in [-0.1, -0.05) is 6.92 Å². The van der Waals surface area contributed by atoms with E-state index in [9.17, 15) is 4.39 Å². The lowest BCUT2D eigenvalue weighted by molar-refractivity contribution is 0.199. The van der Waals surface area contributed by atoms with Crippen LogP contribution in [0.5, 0.6) is 0 Å². The van der Waals surface area contributed by atoms with Gasteiger partial charge in [-0.05, 0) is 37.2 Å². The third-order valence-corrected chi connectivity index (χ3v) is 3.94. The maximum Gasteiger partial charge on any atom is 0.125 e. The molecular formula is C14H20ClFN2. The average molecular weight is 271 g/mol. The predicted octanol–water partition coefficient (Wildman–Crippen LogP) is 3.09. The Balaban J connectivity index is 2.15. The number of hydrogen-bond acceptors (Lipinski definition) is 2. The molecule has 1 aromatic rings. The van der Waals surface area contributed by atoms with Crippen LogP contribution in [0.3, 0.4) is 0 Å². The predicted molar refractivity (Wildman–Crippen MR) is 74.9 cm³/mol. The molecule has 0 N–H and O–H groups in total. The molecule has 0 spiro atoms. The minimum absolute atomic E-state index is 0.200. The Bertz CT molecular complexity index is 411. The van der Waals surface area contributed by atoms with Crippen LogP contribution in [0.2, 0.25) is 0 Å². The quantitative estimate of drug-likeness (QED) is 0.779. The molecule has 2 rings (SSSR count). The van der Waals surface area contributed by atoms with E-state index < -0.39 is 0 Å². The van der Waals surface area contributed by atoms with E-state index >= 15 is 0 Å². The molecule has 0 radical (unpaired) electrons. The zero-order chi connectivity index (χ0) is 13.1. The minimum atomic E-state index is -0.200. The molecule has 0 saturated carbocycles. The van der Waals surface area contributed by atoms with Gasteiger partial charge in [0.05, 0.1) is 0 Å². The summed E-state index contributed by atoms with van der Waals surface area (Å²) in [6, 6.07) is 5.60. The number of hydrogen-bond donors (Lipinski definition) is 0. The number of halogens is 2. The molecule has 1 unspecified atom stereocenters. The molecule has 1 fully saturated rings. The first-order chi connectivity index (χ1) is 8.63. The Morgan fingerprint density at radius 3 is 2.72 bits per heavy atom. The molecule has 18 heavy (non-hydrogen) atoms. The first-order valence-corrected chi connectivity index (χ1v) is 7.02. The van der Waals surface area contributed by atoms with Gasteiger partial charge in [0.1, 0.15) is 5.82 Å². The van der Waals surface area contributed by atoms with Crippen molar-refractivity contribution in [3.63, 3.8) is 0 Å². The molecule has 1 heterocycles. The first kappa shape index (κ1) is 13.6. The number of benzene rings is 1. The number of likely N-dealkylation sites (N-methyl/N-ethyl adjacent to an activating group) is 1. The van der Waals surface area contributed by atoms with E-state index in [1.165, 1.54) is 6.07 Å². The summed E-state index contributed by atoms with van der Waals surface area (Å²) in [5, 5.41) is 0. The summed E-state index contributed by atoms with van der Waals surface area (Å²) in [6.07, 6.45) is 0. The lowest BCUT2D eigenvalue weighted by Crippen LogP contribution is -2.51. The number of anilines is 1. The second-order valence-corrected chi connectivity index (χ2v) is 5.14. The van der Waals surface area contributed by atoms with Gasteiger partial charge in [-0.2, -0.15) is 0 Å². The van der Waals surface area contributed by atoms with Gasteiger partial charge in [-0.25, -0.2) is 4.39 Å². The molecule has 0 bridgehead atoms. The van der Waals surface area contributed by atoms with Crippen LogP contribution >= 0.6 is 11.6 Å². The summed E-state index contributed by atoms with van der Waals surface area (Å²) < 4.78 is 13.5. The van der Waals surface area contributed by atoms with E-state index in [1.54, 1.807) is 6.07 Å². The van der Waals surface area contributed by atoms with Crippen LogP contribution in [0.15, 0.2) is 18.2 Å². The molecule has 1 atom stereocenters. The zero-order valence-corrected chi connectivity index (χ0v) is 11.8. The molecule has 4 heteroatoms.